The van der Waals surface area contributed by atoms with Crippen molar-refractivity contribution in [2.45, 2.75) is 12.2 Å². The predicted octanol–water partition coefficient (Wildman–Crippen LogP) is 0.469. The second kappa shape index (κ2) is 14.1. The Morgan fingerprint density at radius 2 is 1.71 bits per heavy atom. The van der Waals surface area contributed by atoms with Crippen LogP contribution in [0.25, 0.3) is 11.1 Å². The second-order valence-corrected chi connectivity index (χ2v) is 5.66. The van der Waals surface area contributed by atoms with Crippen LogP contribution in [-0.2, 0) is 16.5 Å². The molecule has 0 aromatic rings. The summed E-state index contributed by atoms with van der Waals surface area (Å²) in [6, 6.07) is 0. The number of halogens is 2. The first-order chi connectivity index (χ1) is 6.62. The quantitative estimate of drug-likeness (QED) is 0.574. The van der Waals surface area contributed by atoms with Crippen molar-refractivity contribution >= 4 is 18.8 Å². The first kappa shape index (κ1) is 17.5. The molecule has 14 heavy (non-hydrogen) atoms. The summed E-state index contributed by atoms with van der Waals surface area (Å²) in [5, 5.41) is 21.6. The third-order valence-electron chi connectivity index (χ3n) is 1.19. The molecule has 0 bridgehead atoms. The fourth-order valence-corrected chi connectivity index (χ4v) is 0.512. The van der Waals surface area contributed by atoms with Crippen LogP contribution in [0.2, 0.25) is 0 Å². The topological polar surface area (TPSA) is 104 Å². The van der Waals surface area contributed by atoms with Gasteiger partial charge in [-0.15, -0.1) is 19.6 Å². The van der Waals surface area contributed by atoms with Gasteiger partial charge in [0.2, 0.25) is 0 Å². The molecule has 5 N–H and O–H groups in total. The Bertz CT molecular complexity index is 105. The fraction of sp³-hybridized carbons (Fsp3) is 1.00. The maximum atomic E-state index is 8.90. The van der Waals surface area contributed by atoms with Crippen molar-refractivity contribution in [1.82, 2.24) is 0 Å². The van der Waals surface area contributed by atoms with Crippen LogP contribution in [0.5, 0.6) is 0 Å². The molecule has 5 nitrogen and oxygen atoms in total. The largest absolute Gasteiger partial charge is 0.675 e. The third kappa shape index (κ3) is 15.5. The maximum Gasteiger partial charge on any atom is 0.0475 e. The molecular weight excluding hydrogens is 412 g/mol. The Balaban J connectivity index is 0. The summed E-state index contributed by atoms with van der Waals surface area (Å²) in [5.74, 6) is 0. The standard InChI is InChI=1S/C6H15N3O2.2ClH.Pt/c7-1-5(10)3-9-4-6(11)2-8;;;/h5-7,10-11H,1-4,8H2;2*1H;/q-2;;;+4/p-2. The summed E-state index contributed by atoms with van der Waals surface area (Å²) in [7, 11) is 9.75. The summed E-state index contributed by atoms with van der Waals surface area (Å²) >= 11 is -0.472. The van der Waals surface area contributed by atoms with E-state index in [9.17, 15) is 0 Å². The van der Waals surface area contributed by atoms with Gasteiger partial charge < -0.3 is 27.0 Å². The summed E-state index contributed by atoms with van der Waals surface area (Å²) < 4.78 is 0. The molecule has 90 valence electrons. The van der Waals surface area contributed by atoms with Crippen LogP contribution in [0, 0.1) is 0 Å². The molecule has 0 spiro atoms. The summed E-state index contributed by atoms with van der Waals surface area (Å²) in [6.45, 7) is 0.580. The van der Waals surface area contributed by atoms with Crippen LogP contribution >= 0.6 is 18.8 Å². The van der Waals surface area contributed by atoms with Gasteiger partial charge in [0.15, 0.2) is 0 Å². The number of nitrogens with two attached hydrogens (primary N) is 1. The molecule has 0 saturated carbocycles. The minimum Gasteiger partial charge on any atom is -0.675 e. The van der Waals surface area contributed by atoms with Gasteiger partial charge in [-0.25, -0.2) is 0 Å². The van der Waals surface area contributed by atoms with Crippen LogP contribution in [0.15, 0.2) is 0 Å². The molecule has 8 heteroatoms. The van der Waals surface area contributed by atoms with Crippen molar-refractivity contribution in [3.05, 3.63) is 11.1 Å². The monoisotopic (exact) mass is 426 g/mol. The molecule has 2 atom stereocenters. The van der Waals surface area contributed by atoms with Gasteiger partial charge in [0.1, 0.15) is 0 Å². The van der Waals surface area contributed by atoms with E-state index in [2.05, 4.69) is 5.32 Å². The number of nitrogens with zero attached hydrogens (tertiary/aromatic N) is 1. The molecule has 0 aromatic carbocycles. The Labute approximate surface area is 101 Å². The van der Waals surface area contributed by atoms with Crippen LogP contribution in [-0.4, -0.2) is 48.6 Å². The van der Waals surface area contributed by atoms with Gasteiger partial charge >= 0.3 is 35.3 Å². The molecular formula is C6H15Cl2N3O2Pt. The normalized spacial score (nSPS) is 14.4. The van der Waals surface area contributed by atoms with Gasteiger partial charge in [-0.3, -0.25) is 0 Å². The van der Waals surface area contributed by atoms with Crippen molar-refractivity contribution in [3.8, 4) is 0 Å². The molecule has 0 fully saturated rings. The van der Waals surface area contributed by atoms with Gasteiger partial charge in [-0.05, 0) is 0 Å². The molecule has 0 aromatic heterocycles. The molecule has 0 aliphatic rings. The number of aliphatic hydroxyl groups is 2. The Morgan fingerprint density at radius 3 is 2.07 bits per heavy atom. The third-order valence-corrected chi connectivity index (χ3v) is 1.19. The zero-order valence-corrected chi connectivity index (χ0v) is 11.3. The van der Waals surface area contributed by atoms with E-state index in [1.807, 2.05) is 0 Å². The fourth-order valence-electron chi connectivity index (χ4n) is 0.512. The van der Waals surface area contributed by atoms with E-state index in [1.54, 1.807) is 0 Å². The van der Waals surface area contributed by atoms with Crippen LogP contribution in [0.1, 0.15) is 0 Å². The smallest absolute Gasteiger partial charge is 0.0475 e. The van der Waals surface area contributed by atoms with Crippen molar-refractivity contribution in [1.29, 1.82) is 0 Å². The van der Waals surface area contributed by atoms with Crippen molar-refractivity contribution in [2.24, 2.45) is 5.73 Å². The van der Waals surface area contributed by atoms with Gasteiger partial charge in [-0.2, -0.15) is 0 Å². The van der Waals surface area contributed by atoms with Gasteiger partial charge in [0, 0.05) is 18.8 Å². The Kier molecular flexibility index (Phi) is 17.5. The molecule has 0 aliphatic heterocycles. The SMILES string of the molecule is [Cl][Pt+2][Cl].[NH-]CC(O)C[N-]CC(O)CN. The van der Waals surface area contributed by atoms with Crippen LogP contribution in [0.3, 0.4) is 0 Å². The number of nitrogens with one attached hydrogen (secondary N) is 1. The number of aliphatic hydroxyl groups excluding tert-OH is 2. The van der Waals surface area contributed by atoms with Crippen LogP contribution in [0.4, 0.5) is 0 Å². The van der Waals surface area contributed by atoms with E-state index in [1.165, 1.54) is 0 Å². The zero-order chi connectivity index (χ0) is 11.4. The summed E-state index contributed by atoms with van der Waals surface area (Å²) in [4.78, 5) is 0. The maximum absolute atomic E-state index is 8.90. The number of hydrogen-bond donors (Lipinski definition) is 3. The Morgan fingerprint density at radius 1 is 1.29 bits per heavy atom. The summed E-state index contributed by atoms with van der Waals surface area (Å²) in [6.07, 6.45) is -1.33. The molecule has 0 heterocycles. The van der Waals surface area contributed by atoms with E-state index in [-0.39, 0.29) is 26.2 Å². The molecule has 2 unspecified atom stereocenters. The first-order valence-corrected chi connectivity index (χ1v) is 9.41. The zero-order valence-electron chi connectivity index (χ0n) is 7.47. The predicted molar refractivity (Wildman–Crippen MR) is 55.1 cm³/mol. The number of rotatable bonds is 6. The van der Waals surface area contributed by atoms with Gasteiger partial charge in [-0.1, -0.05) is 0 Å². The molecule has 0 aliphatic carbocycles. The first-order valence-electron chi connectivity index (χ1n) is 3.78. The molecule has 0 rings (SSSR count). The Hall–Kier alpha value is 1.07. The second-order valence-electron chi connectivity index (χ2n) is 2.38. The molecule has 0 radical (unpaired) electrons. The van der Waals surface area contributed by atoms with Crippen LogP contribution < -0.4 is 5.73 Å². The number of hydrogen-bond acceptors (Lipinski definition) is 3. The van der Waals surface area contributed by atoms with Crippen molar-refractivity contribution in [3.63, 3.8) is 0 Å². The van der Waals surface area contributed by atoms with Crippen molar-refractivity contribution in [2.75, 3.05) is 26.2 Å². The van der Waals surface area contributed by atoms with Crippen molar-refractivity contribution < 1.29 is 26.7 Å². The average Bonchev–Trinajstić information content (AvgIpc) is 2.18. The van der Waals surface area contributed by atoms with Gasteiger partial charge in [0.05, 0.1) is 0 Å². The average molecular weight is 427 g/mol. The van der Waals surface area contributed by atoms with E-state index in [0.717, 1.165) is 0 Å². The van der Waals surface area contributed by atoms with E-state index in [4.69, 9.17) is 40.5 Å². The van der Waals surface area contributed by atoms with Gasteiger partial charge in [0.25, 0.3) is 0 Å². The minimum absolute atomic E-state index is 0.0534. The van der Waals surface area contributed by atoms with E-state index in [0.29, 0.717) is 0 Å². The van der Waals surface area contributed by atoms with E-state index < -0.39 is 28.7 Å². The molecule has 0 saturated heterocycles. The summed E-state index contributed by atoms with van der Waals surface area (Å²) in [5.41, 5.74) is 11.9. The van der Waals surface area contributed by atoms with E-state index >= 15 is 0 Å². The minimum atomic E-state index is -0.708. The molecule has 0 amide bonds.